The van der Waals surface area contributed by atoms with Crippen molar-refractivity contribution in [3.05, 3.63) is 126 Å². The summed E-state index contributed by atoms with van der Waals surface area (Å²) in [6.45, 7) is 4.70. The fourth-order valence-corrected chi connectivity index (χ4v) is 6.03. The predicted molar refractivity (Wildman–Crippen MR) is 163 cm³/mol. The first kappa shape index (κ1) is 27.0. The van der Waals surface area contributed by atoms with Gasteiger partial charge in [0.05, 0.1) is 29.8 Å². The lowest BCUT2D eigenvalue weighted by Gasteiger charge is -2.29. The Hall–Kier alpha value is -4.89. The fourth-order valence-electron chi connectivity index (χ4n) is 6.03. The number of rotatable bonds is 6. The van der Waals surface area contributed by atoms with Gasteiger partial charge in [0, 0.05) is 73.0 Å². The van der Waals surface area contributed by atoms with Gasteiger partial charge in [0.2, 0.25) is 0 Å². The number of alkyl halides is 2. The Morgan fingerprint density at radius 3 is 2.51 bits per heavy atom. The number of hydrogen-bond donors (Lipinski definition) is 3. The Kier molecular flexibility index (Phi) is 6.74. The van der Waals surface area contributed by atoms with Gasteiger partial charge >= 0.3 is 0 Å². The molecule has 0 spiro atoms. The van der Waals surface area contributed by atoms with Crippen molar-refractivity contribution in [2.24, 2.45) is 0 Å². The van der Waals surface area contributed by atoms with E-state index in [1.807, 2.05) is 42.9 Å². The quantitative estimate of drug-likeness (QED) is 0.226. The third-order valence-electron chi connectivity index (χ3n) is 8.19. The Morgan fingerprint density at radius 1 is 0.907 bits per heavy atom. The number of nitrogens with zero attached hydrogens (tertiary/aromatic N) is 3. The van der Waals surface area contributed by atoms with E-state index in [0.29, 0.717) is 19.5 Å². The van der Waals surface area contributed by atoms with Crippen LogP contribution in [0.3, 0.4) is 0 Å². The minimum Gasteiger partial charge on any atom is -0.353 e. The van der Waals surface area contributed by atoms with Gasteiger partial charge in [-0.1, -0.05) is 30.9 Å². The number of halogens is 3. The molecule has 216 valence electrons. The molecule has 0 amide bonds. The van der Waals surface area contributed by atoms with Crippen LogP contribution in [0.25, 0.3) is 27.8 Å². The molecule has 1 saturated heterocycles. The third-order valence-corrected chi connectivity index (χ3v) is 8.19. The normalized spacial score (nSPS) is 17.2. The van der Waals surface area contributed by atoms with E-state index >= 15 is 0 Å². The van der Waals surface area contributed by atoms with E-state index in [4.69, 9.17) is 0 Å². The zero-order valence-corrected chi connectivity index (χ0v) is 23.3. The van der Waals surface area contributed by atoms with Gasteiger partial charge in [0.15, 0.2) is 0 Å². The maximum atomic E-state index is 13.7. The number of allylic oxidation sites excluding steroid dienone is 3. The summed E-state index contributed by atoms with van der Waals surface area (Å²) in [4.78, 5) is 10.7. The van der Waals surface area contributed by atoms with E-state index < -0.39 is 5.92 Å². The summed E-state index contributed by atoms with van der Waals surface area (Å²) >= 11 is 0. The second kappa shape index (κ2) is 10.7. The van der Waals surface area contributed by atoms with Crippen LogP contribution in [0.5, 0.6) is 0 Å². The van der Waals surface area contributed by atoms with Crippen LogP contribution in [0.2, 0.25) is 0 Å². The lowest BCUT2D eigenvalue weighted by molar-refractivity contribution is 0.0115. The van der Waals surface area contributed by atoms with Crippen LogP contribution >= 0.6 is 0 Å². The zero-order chi connectivity index (χ0) is 29.6. The molecule has 3 aliphatic heterocycles. The molecule has 1 fully saturated rings. The highest BCUT2D eigenvalue weighted by molar-refractivity contribution is 5.94. The van der Waals surface area contributed by atoms with Crippen molar-refractivity contribution in [3.63, 3.8) is 0 Å². The van der Waals surface area contributed by atoms with Gasteiger partial charge in [-0.25, -0.2) is 13.2 Å². The topological polar surface area (TPSA) is 65.1 Å². The maximum Gasteiger partial charge on any atom is 0.261 e. The third kappa shape index (κ3) is 5.28. The molecule has 7 rings (SSSR count). The average Bonchev–Trinajstić information content (AvgIpc) is 3.37. The Bertz CT molecular complexity index is 1790. The number of fused-ring (bicyclic) bond motifs is 2. The van der Waals surface area contributed by atoms with Gasteiger partial charge in [-0.3, -0.25) is 14.9 Å². The monoisotopic (exact) mass is 578 g/mol. The van der Waals surface area contributed by atoms with Crippen LogP contribution < -0.4 is 16.2 Å². The number of pyridine rings is 2. The smallest absolute Gasteiger partial charge is 0.261 e. The van der Waals surface area contributed by atoms with E-state index in [0.717, 1.165) is 67.2 Å². The van der Waals surface area contributed by atoms with E-state index in [1.54, 1.807) is 29.4 Å². The minimum atomic E-state index is -2.63. The molecule has 2 aromatic carbocycles. The number of hydrazine groups is 1. The first-order valence-corrected chi connectivity index (χ1v) is 14.1. The van der Waals surface area contributed by atoms with Crippen LogP contribution in [0.15, 0.2) is 103 Å². The van der Waals surface area contributed by atoms with Gasteiger partial charge in [0.25, 0.3) is 5.92 Å². The number of aromatic nitrogens is 2. The van der Waals surface area contributed by atoms with Gasteiger partial charge in [-0.2, -0.15) is 0 Å². The highest BCUT2D eigenvalue weighted by Crippen LogP contribution is 2.42. The van der Waals surface area contributed by atoms with Crippen molar-refractivity contribution < 1.29 is 13.2 Å². The van der Waals surface area contributed by atoms with Crippen LogP contribution in [0.1, 0.15) is 23.1 Å². The van der Waals surface area contributed by atoms with Crippen molar-refractivity contribution in [2.75, 3.05) is 23.8 Å². The molecular formula is C34H29F3N6. The second-order valence-corrected chi connectivity index (χ2v) is 11.1. The maximum absolute atomic E-state index is 13.7. The summed E-state index contributed by atoms with van der Waals surface area (Å²) in [6.07, 6.45) is 11.5. The van der Waals surface area contributed by atoms with Crippen LogP contribution in [0.4, 0.5) is 24.5 Å². The molecule has 0 aliphatic carbocycles. The standard InChI is InChI=1S/C34H29F3N6/c1-2-22-12-27-29(23-3-6-26(35)7-4-23)16-39-18-32(27)41-33(22)30-17-40-42-31-8-5-24(13-28(30)31)25-11-21(14-38-15-25)19-43-10-9-34(36,37)20-43/h2-8,11,13-18,40-42H,1,9-10,12,19-20H2. The number of nitrogens with one attached hydrogen (secondary N) is 3. The van der Waals surface area contributed by atoms with Crippen molar-refractivity contribution in [3.8, 4) is 22.3 Å². The summed E-state index contributed by atoms with van der Waals surface area (Å²) in [6, 6.07) is 14.6. The van der Waals surface area contributed by atoms with E-state index in [1.165, 1.54) is 12.1 Å². The van der Waals surface area contributed by atoms with E-state index in [9.17, 15) is 13.2 Å². The molecule has 6 nitrogen and oxygen atoms in total. The van der Waals surface area contributed by atoms with Gasteiger partial charge in [0.1, 0.15) is 5.82 Å². The fraction of sp³-hybridized carbons (Fsp3) is 0.176. The summed E-state index contributed by atoms with van der Waals surface area (Å²) in [5.41, 5.74) is 17.7. The Morgan fingerprint density at radius 2 is 1.72 bits per heavy atom. The van der Waals surface area contributed by atoms with Crippen molar-refractivity contribution in [1.82, 2.24) is 20.3 Å². The minimum absolute atomic E-state index is 0.105. The van der Waals surface area contributed by atoms with Gasteiger partial charge in [-0.05, 0) is 58.2 Å². The lowest BCUT2D eigenvalue weighted by atomic mass is 9.87. The van der Waals surface area contributed by atoms with Gasteiger partial charge in [-0.15, -0.1) is 0 Å². The number of benzene rings is 2. The Labute approximate surface area is 247 Å². The first-order valence-electron chi connectivity index (χ1n) is 14.1. The van der Waals surface area contributed by atoms with Crippen molar-refractivity contribution in [1.29, 1.82) is 0 Å². The number of anilines is 2. The highest BCUT2D eigenvalue weighted by Gasteiger charge is 2.38. The molecule has 3 N–H and O–H groups in total. The highest BCUT2D eigenvalue weighted by atomic mass is 19.3. The van der Waals surface area contributed by atoms with Crippen molar-refractivity contribution >= 4 is 16.9 Å². The first-order chi connectivity index (χ1) is 20.9. The SMILES string of the molecule is C=CC1=C(C2=CNNc3ccc(-c4cncc(CN5CCC(F)(F)C5)c4)cc32)Nc2cncc(-c3ccc(F)cc3)c2C1. The molecule has 43 heavy (non-hydrogen) atoms. The molecule has 0 atom stereocenters. The van der Waals surface area contributed by atoms with Gasteiger partial charge < -0.3 is 16.2 Å². The zero-order valence-electron chi connectivity index (χ0n) is 23.3. The summed E-state index contributed by atoms with van der Waals surface area (Å²) < 4.78 is 41.1. The Balaban J connectivity index is 1.21. The van der Waals surface area contributed by atoms with E-state index in [-0.39, 0.29) is 18.8 Å². The summed E-state index contributed by atoms with van der Waals surface area (Å²) in [5, 5.41) is 3.60. The molecule has 5 heterocycles. The molecule has 0 radical (unpaired) electrons. The summed E-state index contributed by atoms with van der Waals surface area (Å²) in [5.74, 6) is -2.91. The predicted octanol–water partition coefficient (Wildman–Crippen LogP) is 7.17. The second-order valence-electron chi connectivity index (χ2n) is 11.1. The molecule has 0 bridgehead atoms. The largest absolute Gasteiger partial charge is 0.353 e. The van der Waals surface area contributed by atoms with Crippen LogP contribution in [-0.2, 0) is 13.0 Å². The molecule has 4 aromatic rings. The molecule has 0 saturated carbocycles. The number of hydrogen-bond acceptors (Lipinski definition) is 6. The molecule has 0 unspecified atom stereocenters. The lowest BCUT2D eigenvalue weighted by Crippen LogP contribution is -2.24. The molecular weight excluding hydrogens is 549 g/mol. The summed E-state index contributed by atoms with van der Waals surface area (Å²) in [7, 11) is 0. The molecule has 2 aromatic heterocycles. The molecule has 3 aliphatic rings. The van der Waals surface area contributed by atoms with Crippen molar-refractivity contribution in [2.45, 2.75) is 25.3 Å². The average molecular weight is 579 g/mol. The molecule has 9 heteroatoms. The van der Waals surface area contributed by atoms with Crippen LogP contribution in [0, 0.1) is 5.82 Å². The number of likely N-dealkylation sites (tertiary alicyclic amines) is 1. The van der Waals surface area contributed by atoms with E-state index in [2.05, 4.69) is 38.8 Å². The van der Waals surface area contributed by atoms with Crippen LogP contribution in [-0.4, -0.2) is 33.9 Å².